The molecule has 1 fully saturated rings. The second kappa shape index (κ2) is 13.2. The van der Waals surface area contributed by atoms with Gasteiger partial charge in [-0.2, -0.15) is 0 Å². The largest absolute Gasteiger partial charge is 0.507 e. The molecule has 4 aromatic rings. The van der Waals surface area contributed by atoms with Crippen LogP contribution in [0.5, 0.6) is 11.5 Å². The molecule has 0 bridgehead atoms. The number of pyridine rings is 1. The molecule has 5 rings (SSSR count). The fourth-order valence-corrected chi connectivity index (χ4v) is 4.99. The number of ether oxygens (including phenoxy) is 2. The molecule has 7 heteroatoms. The Balaban J connectivity index is 1.45. The van der Waals surface area contributed by atoms with Crippen molar-refractivity contribution in [1.82, 2.24) is 9.88 Å². The Morgan fingerprint density at radius 1 is 0.905 bits per heavy atom. The molecule has 0 radical (unpaired) electrons. The van der Waals surface area contributed by atoms with Crippen LogP contribution in [0.4, 0.5) is 0 Å². The van der Waals surface area contributed by atoms with Gasteiger partial charge in [0.15, 0.2) is 0 Å². The van der Waals surface area contributed by atoms with E-state index in [2.05, 4.69) is 18.0 Å². The standard InChI is InChI=1S/C35H34N2O5/c1-3-4-19-41-29-14-10-27(11-15-29)32-31(34(39)35(40)37(32)22-26-9-6-18-36-21-26)33(38)28-12-16-30(17-13-28)42-23-25-8-5-7-24(2)20-25/h5-18,20-21,32,38H,3-4,19,22-23H2,1-2H3/b33-31+. The molecule has 1 aromatic heterocycles. The van der Waals surface area contributed by atoms with E-state index in [1.807, 2.05) is 55.5 Å². The van der Waals surface area contributed by atoms with Crippen LogP contribution in [0.15, 0.2) is 103 Å². The summed E-state index contributed by atoms with van der Waals surface area (Å²) in [6.45, 7) is 5.32. The zero-order valence-electron chi connectivity index (χ0n) is 23.8. The number of aliphatic hydroxyl groups is 1. The normalized spacial score (nSPS) is 16.0. The minimum Gasteiger partial charge on any atom is -0.507 e. The van der Waals surface area contributed by atoms with E-state index in [9.17, 15) is 14.7 Å². The van der Waals surface area contributed by atoms with E-state index < -0.39 is 17.7 Å². The van der Waals surface area contributed by atoms with Crippen molar-refractivity contribution in [3.63, 3.8) is 0 Å². The predicted octanol–water partition coefficient (Wildman–Crippen LogP) is 6.77. The molecular formula is C35H34N2O5. The van der Waals surface area contributed by atoms with Crippen LogP contribution in [-0.2, 0) is 22.7 Å². The lowest BCUT2D eigenvalue weighted by molar-refractivity contribution is -0.140. The van der Waals surface area contributed by atoms with Gasteiger partial charge in [0.25, 0.3) is 11.7 Å². The molecule has 3 aromatic carbocycles. The molecule has 0 aliphatic carbocycles. The van der Waals surface area contributed by atoms with Gasteiger partial charge in [0.2, 0.25) is 0 Å². The Morgan fingerprint density at radius 2 is 1.62 bits per heavy atom. The number of aliphatic hydroxyl groups excluding tert-OH is 1. The minimum absolute atomic E-state index is 0.0389. The lowest BCUT2D eigenvalue weighted by Crippen LogP contribution is -2.29. The molecule has 1 saturated heterocycles. The molecule has 0 saturated carbocycles. The van der Waals surface area contributed by atoms with Crippen LogP contribution in [0.3, 0.4) is 0 Å². The van der Waals surface area contributed by atoms with E-state index in [1.165, 1.54) is 4.90 Å². The molecule has 1 aliphatic heterocycles. The molecule has 2 heterocycles. The number of hydrogen-bond acceptors (Lipinski definition) is 6. The van der Waals surface area contributed by atoms with Crippen molar-refractivity contribution in [1.29, 1.82) is 0 Å². The number of carbonyl (C=O) groups excluding carboxylic acids is 2. The number of rotatable bonds is 11. The van der Waals surface area contributed by atoms with Gasteiger partial charge < -0.3 is 19.5 Å². The molecule has 0 spiro atoms. The highest BCUT2D eigenvalue weighted by Crippen LogP contribution is 2.40. The first kappa shape index (κ1) is 28.6. The van der Waals surface area contributed by atoms with Crippen molar-refractivity contribution in [3.05, 3.63) is 131 Å². The summed E-state index contributed by atoms with van der Waals surface area (Å²) in [5.41, 5.74) is 4.14. The molecule has 7 nitrogen and oxygen atoms in total. The van der Waals surface area contributed by atoms with Crippen LogP contribution >= 0.6 is 0 Å². The quantitative estimate of drug-likeness (QED) is 0.0939. The number of aryl methyl sites for hydroxylation is 1. The number of carbonyl (C=O) groups is 2. The number of nitrogens with zero attached hydrogens (tertiary/aromatic N) is 2. The van der Waals surface area contributed by atoms with Gasteiger partial charge in [-0.25, -0.2) is 0 Å². The Hall–Kier alpha value is -4.91. The lowest BCUT2D eigenvalue weighted by Gasteiger charge is -2.25. The zero-order valence-corrected chi connectivity index (χ0v) is 23.8. The molecule has 1 aliphatic rings. The van der Waals surface area contributed by atoms with Crippen LogP contribution in [0.25, 0.3) is 5.76 Å². The first-order valence-electron chi connectivity index (χ1n) is 14.1. The second-order valence-electron chi connectivity index (χ2n) is 10.4. The molecular weight excluding hydrogens is 528 g/mol. The molecule has 1 atom stereocenters. The number of hydrogen-bond donors (Lipinski definition) is 1. The summed E-state index contributed by atoms with van der Waals surface area (Å²) in [7, 11) is 0. The number of likely N-dealkylation sites (tertiary alicyclic amines) is 1. The first-order valence-corrected chi connectivity index (χ1v) is 14.1. The highest BCUT2D eigenvalue weighted by molar-refractivity contribution is 6.46. The minimum atomic E-state index is -0.785. The molecule has 214 valence electrons. The van der Waals surface area contributed by atoms with Crippen LogP contribution in [0.2, 0.25) is 0 Å². The van der Waals surface area contributed by atoms with Crippen molar-refractivity contribution in [2.24, 2.45) is 0 Å². The summed E-state index contributed by atoms with van der Waals surface area (Å²) < 4.78 is 11.7. The highest BCUT2D eigenvalue weighted by Gasteiger charge is 2.46. The summed E-state index contributed by atoms with van der Waals surface area (Å²) in [5.74, 6) is -0.310. The van der Waals surface area contributed by atoms with Gasteiger partial charge in [0.05, 0.1) is 18.2 Å². The topological polar surface area (TPSA) is 89.0 Å². The number of ketones is 1. The van der Waals surface area contributed by atoms with Gasteiger partial charge in [-0.15, -0.1) is 0 Å². The van der Waals surface area contributed by atoms with Crippen LogP contribution < -0.4 is 9.47 Å². The third-order valence-electron chi connectivity index (χ3n) is 7.19. The fraction of sp³-hybridized carbons (Fsp3) is 0.229. The molecule has 1 unspecified atom stereocenters. The Labute approximate surface area is 246 Å². The predicted molar refractivity (Wildman–Crippen MR) is 161 cm³/mol. The summed E-state index contributed by atoms with van der Waals surface area (Å²) in [6, 6.07) is 25.1. The van der Waals surface area contributed by atoms with Crippen molar-refractivity contribution < 1.29 is 24.2 Å². The Morgan fingerprint density at radius 3 is 2.31 bits per heavy atom. The number of benzene rings is 3. The monoisotopic (exact) mass is 562 g/mol. The van der Waals surface area contributed by atoms with Crippen molar-refractivity contribution in [3.8, 4) is 11.5 Å². The SMILES string of the molecule is CCCCOc1ccc(C2/C(=C(\O)c3ccc(OCc4cccc(C)c4)cc3)C(=O)C(=O)N2Cc2cccnc2)cc1. The maximum atomic E-state index is 13.4. The van der Waals surface area contributed by atoms with Gasteiger partial charge in [-0.05, 0) is 72.5 Å². The van der Waals surface area contributed by atoms with Crippen LogP contribution in [0, 0.1) is 6.92 Å². The third kappa shape index (κ3) is 6.52. The van der Waals surface area contributed by atoms with Crippen molar-refractivity contribution >= 4 is 17.4 Å². The highest BCUT2D eigenvalue weighted by atomic mass is 16.5. The average molecular weight is 563 g/mol. The Bertz CT molecular complexity index is 1560. The Kier molecular flexibility index (Phi) is 8.97. The number of unbranched alkanes of at least 4 members (excludes halogenated alkanes) is 1. The summed E-state index contributed by atoms with van der Waals surface area (Å²) in [5, 5.41) is 11.5. The average Bonchev–Trinajstić information content (AvgIpc) is 3.26. The second-order valence-corrected chi connectivity index (χ2v) is 10.4. The molecule has 42 heavy (non-hydrogen) atoms. The smallest absolute Gasteiger partial charge is 0.295 e. The molecule has 1 amide bonds. The number of aromatic nitrogens is 1. The summed E-state index contributed by atoms with van der Waals surface area (Å²) in [6.07, 6.45) is 5.29. The van der Waals surface area contributed by atoms with Crippen molar-refractivity contribution in [2.75, 3.05) is 6.61 Å². The lowest BCUT2D eigenvalue weighted by atomic mass is 9.95. The van der Waals surface area contributed by atoms with Crippen molar-refractivity contribution in [2.45, 2.75) is 45.9 Å². The van der Waals surface area contributed by atoms with Gasteiger partial charge >= 0.3 is 0 Å². The van der Waals surface area contributed by atoms with Crippen LogP contribution in [-0.4, -0.2) is 33.3 Å². The molecule has 1 N–H and O–H groups in total. The van der Waals surface area contributed by atoms with E-state index in [0.717, 1.165) is 29.5 Å². The first-order chi connectivity index (χ1) is 20.4. The van der Waals surface area contributed by atoms with E-state index in [1.54, 1.807) is 42.7 Å². The summed E-state index contributed by atoms with van der Waals surface area (Å²) in [4.78, 5) is 32.4. The maximum Gasteiger partial charge on any atom is 0.295 e. The zero-order chi connectivity index (χ0) is 29.5. The third-order valence-corrected chi connectivity index (χ3v) is 7.19. The number of amides is 1. The summed E-state index contributed by atoms with van der Waals surface area (Å²) >= 11 is 0. The maximum absolute atomic E-state index is 13.4. The van der Waals surface area contributed by atoms with Gasteiger partial charge in [-0.3, -0.25) is 14.6 Å². The van der Waals surface area contributed by atoms with Gasteiger partial charge in [0, 0.05) is 24.5 Å². The van der Waals surface area contributed by atoms with Gasteiger partial charge in [0.1, 0.15) is 23.9 Å². The van der Waals surface area contributed by atoms with E-state index in [4.69, 9.17) is 9.47 Å². The van der Waals surface area contributed by atoms with Gasteiger partial charge in [-0.1, -0.05) is 61.4 Å². The number of Topliss-reactive ketones (excluding diaryl/α,β-unsaturated/α-hetero) is 1. The van der Waals surface area contributed by atoms with E-state index >= 15 is 0 Å². The van der Waals surface area contributed by atoms with E-state index in [-0.39, 0.29) is 17.9 Å². The van der Waals surface area contributed by atoms with Crippen LogP contribution in [0.1, 0.15) is 53.6 Å². The van der Waals surface area contributed by atoms with E-state index in [0.29, 0.717) is 35.8 Å². The fourth-order valence-electron chi connectivity index (χ4n) is 4.99.